The number of aromatic nitrogens is 4. The van der Waals surface area contributed by atoms with Crippen molar-refractivity contribution in [3.63, 3.8) is 0 Å². The number of nitrogens with zero attached hydrogens (tertiary/aromatic N) is 5. The van der Waals surface area contributed by atoms with Crippen molar-refractivity contribution in [1.29, 1.82) is 0 Å². The number of hydrogen-bond donors (Lipinski definition) is 1. The van der Waals surface area contributed by atoms with E-state index in [4.69, 9.17) is 17.1 Å². The van der Waals surface area contributed by atoms with E-state index in [9.17, 15) is 4.79 Å². The van der Waals surface area contributed by atoms with Crippen LogP contribution in [0.3, 0.4) is 0 Å². The summed E-state index contributed by atoms with van der Waals surface area (Å²) in [5.41, 5.74) is 11.5. The van der Waals surface area contributed by atoms with E-state index >= 15 is 0 Å². The van der Waals surface area contributed by atoms with Gasteiger partial charge in [0.1, 0.15) is 11.6 Å². The zero-order chi connectivity index (χ0) is 26.3. The molecule has 37 heavy (non-hydrogen) atoms. The van der Waals surface area contributed by atoms with Crippen molar-refractivity contribution in [2.45, 2.75) is 44.7 Å². The van der Waals surface area contributed by atoms with E-state index in [-0.39, 0.29) is 6.04 Å². The fourth-order valence-electron chi connectivity index (χ4n) is 5.33. The normalized spacial score (nSPS) is 20.0. The van der Waals surface area contributed by atoms with Crippen molar-refractivity contribution in [3.8, 4) is 29.2 Å². The van der Waals surface area contributed by atoms with Crippen LogP contribution in [-0.2, 0) is 5.54 Å². The second-order valence-corrected chi connectivity index (χ2v) is 10.2. The Labute approximate surface area is 217 Å². The summed E-state index contributed by atoms with van der Waals surface area (Å²) in [6.07, 6.45) is 13.3. The molecule has 0 saturated heterocycles. The van der Waals surface area contributed by atoms with Crippen molar-refractivity contribution < 1.29 is 4.79 Å². The number of aldehydes is 1. The lowest BCUT2D eigenvalue weighted by Crippen LogP contribution is -2.51. The minimum absolute atomic E-state index is 0.0222. The summed E-state index contributed by atoms with van der Waals surface area (Å²) in [4.78, 5) is 28.6. The van der Waals surface area contributed by atoms with Gasteiger partial charge < -0.3 is 5.73 Å². The van der Waals surface area contributed by atoms with Gasteiger partial charge in [0.05, 0.1) is 28.3 Å². The summed E-state index contributed by atoms with van der Waals surface area (Å²) in [7, 11) is 4.06. The van der Waals surface area contributed by atoms with Gasteiger partial charge in [-0.3, -0.25) is 14.3 Å². The van der Waals surface area contributed by atoms with Gasteiger partial charge in [0.15, 0.2) is 6.29 Å². The minimum Gasteiger partial charge on any atom is -0.319 e. The molecule has 1 saturated carbocycles. The molecule has 0 spiro atoms. The van der Waals surface area contributed by atoms with Crippen LogP contribution in [0.25, 0.3) is 27.8 Å². The molecule has 0 bridgehead atoms. The molecular weight excluding hydrogens is 460 g/mol. The van der Waals surface area contributed by atoms with Gasteiger partial charge in [-0.05, 0) is 69.1 Å². The first kappa shape index (κ1) is 24.8. The Morgan fingerprint density at radius 1 is 1.24 bits per heavy atom. The molecule has 3 atom stereocenters. The maximum absolute atomic E-state index is 12.1. The number of rotatable bonds is 7. The monoisotopic (exact) mass is 492 g/mol. The number of imidazole rings is 1. The fraction of sp³-hybridized carbons (Fsp3) is 0.333. The molecule has 4 aromatic rings. The molecule has 7 heteroatoms. The molecule has 2 aromatic carbocycles. The van der Waals surface area contributed by atoms with Gasteiger partial charge in [0.2, 0.25) is 0 Å². The summed E-state index contributed by atoms with van der Waals surface area (Å²) in [6.45, 7) is 4.27. The highest BCUT2D eigenvalue weighted by molar-refractivity contribution is 5.89. The lowest BCUT2D eigenvalue weighted by atomic mass is 9.68. The molecule has 1 aliphatic rings. The van der Waals surface area contributed by atoms with Crippen molar-refractivity contribution >= 4 is 17.3 Å². The summed E-state index contributed by atoms with van der Waals surface area (Å²) in [6, 6.07) is 11.6. The fourth-order valence-corrected chi connectivity index (χ4v) is 5.33. The van der Waals surface area contributed by atoms with E-state index in [2.05, 4.69) is 40.7 Å². The quantitative estimate of drug-likeness (QED) is 0.292. The topological polar surface area (TPSA) is 89.9 Å². The van der Waals surface area contributed by atoms with Crippen LogP contribution >= 0.6 is 0 Å². The Balaban J connectivity index is 1.71. The second kappa shape index (κ2) is 9.55. The predicted octanol–water partition coefficient (Wildman–Crippen LogP) is 4.87. The van der Waals surface area contributed by atoms with Crippen LogP contribution < -0.4 is 5.73 Å². The van der Waals surface area contributed by atoms with E-state index in [1.54, 1.807) is 6.07 Å². The van der Waals surface area contributed by atoms with Gasteiger partial charge in [0, 0.05) is 29.1 Å². The average Bonchev–Trinajstić information content (AvgIpc) is 3.29. The number of para-hydroxylation sites is 1. The first-order chi connectivity index (χ1) is 17.8. The van der Waals surface area contributed by atoms with Gasteiger partial charge in [-0.2, -0.15) is 0 Å². The van der Waals surface area contributed by atoms with Crippen LogP contribution in [0, 0.1) is 18.3 Å². The Morgan fingerprint density at radius 3 is 2.57 bits per heavy atom. The highest BCUT2D eigenvalue weighted by Crippen LogP contribution is 2.42. The molecule has 0 amide bonds. The summed E-state index contributed by atoms with van der Waals surface area (Å²) in [5.74, 6) is 4.66. The van der Waals surface area contributed by atoms with Crippen LogP contribution in [0.2, 0.25) is 0 Å². The smallest absolute Gasteiger partial charge is 0.152 e. The first-order valence-corrected chi connectivity index (χ1v) is 12.7. The van der Waals surface area contributed by atoms with E-state index in [1.807, 2.05) is 55.3 Å². The third-order valence-electron chi connectivity index (χ3n) is 7.83. The molecule has 0 aliphatic heterocycles. The van der Waals surface area contributed by atoms with Gasteiger partial charge in [0.25, 0.3) is 0 Å². The van der Waals surface area contributed by atoms with Crippen LogP contribution in [0.5, 0.6) is 0 Å². The maximum atomic E-state index is 12.1. The zero-order valence-electron chi connectivity index (χ0n) is 21.8. The van der Waals surface area contributed by atoms with E-state index in [0.717, 1.165) is 53.5 Å². The average molecular weight is 493 g/mol. The Bertz CT molecular complexity index is 1510. The lowest BCUT2D eigenvalue weighted by molar-refractivity contribution is 0.112. The second-order valence-electron chi connectivity index (χ2n) is 10.2. The molecular formula is C30H32N6O. The molecule has 1 fully saturated rings. The molecule has 188 valence electrons. The molecule has 2 unspecified atom stereocenters. The number of fused-ring (bicyclic) bond motifs is 1. The number of nitrogens with two attached hydrogens (primary N) is 1. The van der Waals surface area contributed by atoms with Gasteiger partial charge in [-0.25, -0.2) is 15.0 Å². The third-order valence-corrected chi connectivity index (χ3v) is 7.83. The predicted molar refractivity (Wildman–Crippen MR) is 146 cm³/mol. The molecule has 5 rings (SSSR count). The highest BCUT2D eigenvalue weighted by atomic mass is 16.1. The number of carbonyl (C=O) groups excluding carboxylic acids is 1. The van der Waals surface area contributed by atoms with Gasteiger partial charge in [-0.1, -0.05) is 31.9 Å². The minimum atomic E-state index is -0.443. The van der Waals surface area contributed by atoms with Crippen molar-refractivity contribution in [3.05, 3.63) is 71.6 Å². The Kier molecular flexibility index (Phi) is 6.40. The molecule has 7 nitrogen and oxygen atoms in total. The number of carbonyl (C=O) groups is 1. The van der Waals surface area contributed by atoms with Gasteiger partial charge in [-0.15, -0.1) is 6.42 Å². The van der Waals surface area contributed by atoms with Crippen LogP contribution in [0.1, 0.15) is 66.7 Å². The van der Waals surface area contributed by atoms with Crippen molar-refractivity contribution in [2.75, 3.05) is 14.1 Å². The van der Waals surface area contributed by atoms with Crippen molar-refractivity contribution in [2.24, 2.45) is 11.7 Å². The number of hydrogen-bond acceptors (Lipinski definition) is 6. The SMILES string of the molecule is C#Cc1cccc(C=O)c1-n1c(C(CC)N(C)C)nc2ccc(-c3cnc([C@@]4(N)CCC4C)nc3)cc21. The van der Waals surface area contributed by atoms with Crippen LogP contribution in [-0.4, -0.2) is 44.8 Å². The molecule has 2 heterocycles. The Hall–Kier alpha value is -3.86. The summed E-state index contributed by atoms with van der Waals surface area (Å²) in [5, 5.41) is 0. The summed E-state index contributed by atoms with van der Waals surface area (Å²) >= 11 is 0. The standard InChI is InChI=1S/C30H32N6O/c1-6-20-9-8-10-22(18-37)27(20)36-26-15-21(11-12-24(26)34-28(36)25(7-2)35(4)5)23-16-32-29(33-17-23)30(31)14-13-19(30)3/h1,8-12,15-19,25H,7,13-14,31H2,2-5H3/t19?,25?,30-/m1/s1. The van der Waals surface area contributed by atoms with E-state index in [1.165, 1.54) is 0 Å². The Morgan fingerprint density at radius 2 is 2.00 bits per heavy atom. The van der Waals surface area contributed by atoms with Crippen LogP contribution in [0.4, 0.5) is 0 Å². The van der Waals surface area contributed by atoms with Gasteiger partial charge >= 0.3 is 0 Å². The van der Waals surface area contributed by atoms with Crippen molar-refractivity contribution in [1.82, 2.24) is 24.4 Å². The molecule has 2 aromatic heterocycles. The molecule has 2 N–H and O–H groups in total. The maximum Gasteiger partial charge on any atom is 0.152 e. The largest absolute Gasteiger partial charge is 0.319 e. The number of benzene rings is 2. The summed E-state index contributed by atoms with van der Waals surface area (Å²) < 4.78 is 2.05. The highest BCUT2D eigenvalue weighted by Gasteiger charge is 2.44. The van der Waals surface area contributed by atoms with E-state index in [0.29, 0.717) is 28.6 Å². The molecule has 0 radical (unpaired) electrons. The first-order valence-electron chi connectivity index (χ1n) is 12.7. The molecule has 1 aliphatic carbocycles. The zero-order valence-corrected chi connectivity index (χ0v) is 21.8. The lowest BCUT2D eigenvalue weighted by Gasteiger charge is -2.43. The number of terminal acetylenes is 1. The van der Waals surface area contributed by atoms with Crippen LogP contribution in [0.15, 0.2) is 48.8 Å². The third kappa shape index (κ3) is 4.03. The van der Waals surface area contributed by atoms with E-state index < -0.39 is 5.54 Å².